The van der Waals surface area contributed by atoms with Crippen LogP contribution in [0.2, 0.25) is 0 Å². The Morgan fingerprint density at radius 2 is 1.94 bits per heavy atom. The first-order valence-corrected chi connectivity index (χ1v) is 6.70. The molecule has 1 heterocycles. The number of pyridine rings is 1. The molecule has 0 spiro atoms. The number of amides is 1. The lowest BCUT2D eigenvalue weighted by Crippen LogP contribution is -2.12. The van der Waals surface area contributed by atoms with Gasteiger partial charge in [0, 0.05) is 16.6 Å². The molecule has 0 unspecified atom stereocenters. The second-order valence-corrected chi connectivity index (χ2v) is 4.53. The first kappa shape index (κ1) is 12.8. The second kappa shape index (κ2) is 5.78. The summed E-state index contributed by atoms with van der Waals surface area (Å²) in [6.07, 6.45) is 1.65. The Balaban J connectivity index is 2.09. The number of aryl methyl sites for hydroxylation is 1. The van der Waals surface area contributed by atoms with Gasteiger partial charge in [-0.3, -0.25) is 9.78 Å². The van der Waals surface area contributed by atoms with Gasteiger partial charge in [-0.15, -0.1) is 0 Å². The van der Waals surface area contributed by atoms with E-state index in [0.717, 1.165) is 16.6 Å². The molecule has 0 aliphatic carbocycles. The van der Waals surface area contributed by atoms with Crippen LogP contribution in [0.15, 0.2) is 42.6 Å². The van der Waals surface area contributed by atoms with Crippen LogP contribution < -0.4 is 5.32 Å². The number of halogens is 1. The Morgan fingerprint density at radius 1 is 1.22 bits per heavy atom. The van der Waals surface area contributed by atoms with Crippen LogP contribution in [0.4, 0.5) is 5.69 Å². The Bertz CT molecular complexity index is 535. The number of anilines is 1. The van der Waals surface area contributed by atoms with Gasteiger partial charge in [-0.1, -0.05) is 28.1 Å². The zero-order valence-electron chi connectivity index (χ0n) is 9.98. The molecule has 0 saturated carbocycles. The van der Waals surface area contributed by atoms with Crippen LogP contribution >= 0.6 is 15.9 Å². The molecule has 1 aromatic heterocycles. The molecule has 1 aromatic carbocycles. The predicted octanol–water partition coefficient (Wildman–Crippen LogP) is 3.54. The molecule has 0 aliphatic rings. The summed E-state index contributed by atoms with van der Waals surface area (Å²) in [6, 6.07) is 11.2. The molecule has 18 heavy (non-hydrogen) atoms. The van der Waals surface area contributed by atoms with E-state index >= 15 is 0 Å². The van der Waals surface area contributed by atoms with Crippen molar-refractivity contribution in [2.75, 3.05) is 5.32 Å². The third kappa shape index (κ3) is 3.17. The molecule has 0 atom stereocenters. The van der Waals surface area contributed by atoms with Crippen molar-refractivity contribution in [2.24, 2.45) is 0 Å². The zero-order valence-corrected chi connectivity index (χ0v) is 11.6. The minimum absolute atomic E-state index is 0.123. The summed E-state index contributed by atoms with van der Waals surface area (Å²) in [5.41, 5.74) is 3.41. The van der Waals surface area contributed by atoms with Crippen LogP contribution in [-0.2, 0) is 5.33 Å². The Kier molecular flexibility index (Phi) is 4.10. The topological polar surface area (TPSA) is 42.0 Å². The molecule has 0 aliphatic heterocycles. The normalized spacial score (nSPS) is 10.1. The minimum atomic E-state index is -0.123. The highest BCUT2D eigenvalue weighted by atomic mass is 79.9. The van der Waals surface area contributed by atoms with Crippen molar-refractivity contribution < 1.29 is 4.79 Å². The molecule has 1 N–H and O–H groups in total. The van der Waals surface area contributed by atoms with Gasteiger partial charge >= 0.3 is 0 Å². The van der Waals surface area contributed by atoms with Crippen molar-refractivity contribution in [2.45, 2.75) is 12.3 Å². The van der Waals surface area contributed by atoms with E-state index < -0.39 is 0 Å². The van der Waals surface area contributed by atoms with Crippen molar-refractivity contribution in [3.05, 3.63) is 59.4 Å². The minimum Gasteiger partial charge on any atom is -0.321 e. The van der Waals surface area contributed by atoms with Crippen molar-refractivity contribution in [3.63, 3.8) is 0 Å². The summed E-state index contributed by atoms with van der Waals surface area (Å²) in [5.74, 6) is -0.123. The van der Waals surface area contributed by atoms with E-state index in [0.29, 0.717) is 11.3 Å². The van der Waals surface area contributed by atoms with Gasteiger partial charge in [-0.05, 0) is 36.8 Å². The van der Waals surface area contributed by atoms with Crippen molar-refractivity contribution in [1.82, 2.24) is 4.98 Å². The van der Waals surface area contributed by atoms with Crippen LogP contribution in [0, 0.1) is 6.92 Å². The van der Waals surface area contributed by atoms with Gasteiger partial charge in [0.25, 0.3) is 5.91 Å². The maximum absolute atomic E-state index is 11.9. The second-order valence-electron chi connectivity index (χ2n) is 3.97. The van der Waals surface area contributed by atoms with Crippen LogP contribution in [0.1, 0.15) is 21.6 Å². The molecular formula is C14H13BrN2O. The number of hydrogen-bond acceptors (Lipinski definition) is 2. The average molecular weight is 305 g/mol. The van der Waals surface area contributed by atoms with E-state index in [9.17, 15) is 4.79 Å². The number of hydrogen-bond donors (Lipinski definition) is 1. The van der Waals surface area contributed by atoms with E-state index in [1.165, 1.54) is 0 Å². The highest BCUT2D eigenvalue weighted by Gasteiger charge is 2.05. The highest BCUT2D eigenvalue weighted by molar-refractivity contribution is 9.08. The summed E-state index contributed by atoms with van der Waals surface area (Å²) in [5, 5.41) is 3.60. The molecule has 92 valence electrons. The fourth-order valence-electron chi connectivity index (χ4n) is 1.49. The molecule has 3 nitrogen and oxygen atoms in total. The first-order chi connectivity index (χ1) is 8.69. The molecular weight excluding hydrogens is 292 g/mol. The van der Waals surface area contributed by atoms with E-state index in [-0.39, 0.29) is 5.91 Å². The Labute approximate surface area is 114 Å². The highest BCUT2D eigenvalue weighted by Crippen LogP contribution is 2.11. The largest absolute Gasteiger partial charge is 0.321 e. The maximum atomic E-state index is 11.9. The van der Waals surface area contributed by atoms with Gasteiger partial charge in [0.15, 0.2) is 0 Å². The quantitative estimate of drug-likeness (QED) is 0.881. The Morgan fingerprint density at radius 3 is 2.50 bits per heavy atom. The molecule has 1 amide bonds. The summed E-state index contributed by atoms with van der Waals surface area (Å²) in [7, 11) is 0. The zero-order chi connectivity index (χ0) is 13.0. The number of carbonyl (C=O) groups excluding carboxylic acids is 1. The van der Waals surface area contributed by atoms with Crippen LogP contribution in [0.5, 0.6) is 0 Å². The van der Waals surface area contributed by atoms with Gasteiger partial charge in [0.1, 0.15) is 0 Å². The summed E-state index contributed by atoms with van der Waals surface area (Å²) >= 11 is 3.37. The standard InChI is InChI=1S/C14H13BrN2O/c1-10-2-7-13(9-16-10)17-14(18)12-5-3-11(8-15)4-6-12/h2-7,9H,8H2,1H3,(H,17,18). The number of alkyl halides is 1. The maximum Gasteiger partial charge on any atom is 0.255 e. The van der Waals surface area contributed by atoms with Crippen molar-refractivity contribution in [1.29, 1.82) is 0 Å². The third-order valence-corrected chi connectivity index (χ3v) is 3.19. The lowest BCUT2D eigenvalue weighted by atomic mass is 10.1. The molecule has 0 saturated heterocycles. The van der Waals surface area contributed by atoms with Gasteiger partial charge < -0.3 is 5.32 Å². The van der Waals surface area contributed by atoms with E-state index in [4.69, 9.17) is 0 Å². The fraction of sp³-hybridized carbons (Fsp3) is 0.143. The molecule has 0 radical (unpaired) electrons. The summed E-state index contributed by atoms with van der Waals surface area (Å²) in [4.78, 5) is 16.1. The van der Waals surface area contributed by atoms with Crippen molar-refractivity contribution in [3.8, 4) is 0 Å². The van der Waals surface area contributed by atoms with Gasteiger partial charge in [-0.25, -0.2) is 0 Å². The number of nitrogens with one attached hydrogen (secondary N) is 1. The molecule has 0 fully saturated rings. The van der Waals surface area contributed by atoms with Gasteiger partial charge in [-0.2, -0.15) is 0 Å². The van der Waals surface area contributed by atoms with E-state index in [1.54, 1.807) is 6.20 Å². The van der Waals surface area contributed by atoms with Gasteiger partial charge in [0.05, 0.1) is 11.9 Å². The Hall–Kier alpha value is -1.68. The number of carbonyl (C=O) groups is 1. The average Bonchev–Trinajstić information content (AvgIpc) is 2.41. The number of nitrogens with zero attached hydrogens (tertiary/aromatic N) is 1. The number of rotatable bonds is 3. The fourth-order valence-corrected chi connectivity index (χ4v) is 1.86. The van der Waals surface area contributed by atoms with Crippen molar-refractivity contribution >= 4 is 27.5 Å². The monoisotopic (exact) mass is 304 g/mol. The molecule has 0 bridgehead atoms. The first-order valence-electron chi connectivity index (χ1n) is 5.58. The molecule has 2 aromatic rings. The molecule has 4 heteroatoms. The lowest BCUT2D eigenvalue weighted by Gasteiger charge is -2.05. The molecule has 2 rings (SSSR count). The smallest absolute Gasteiger partial charge is 0.255 e. The van der Waals surface area contributed by atoms with Crippen LogP contribution in [0.3, 0.4) is 0 Å². The lowest BCUT2D eigenvalue weighted by molar-refractivity contribution is 0.102. The summed E-state index contributed by atoms with van der Waals surface area (Å²) < 4.78 is 0. The SMILES string of the molecule is Cc1ccc(NC(=O)c2ccc(CBr)cc2)cn1. The van der Waals surface area contributed by atoms with Crippen LogP contribution in [0.25, 0.3) is 0 Å². The van der Waals surface area contributed by atoms with Crippen LogP contribution in [-0.4, -0.2) is 10.9 Å². The number of benzene rings is 1. The predicted molar refractivity (Wildman–Crippen MR) is 76.0 cm³/mol. The van der Waals surface area contributed by atoms with Gasteiger partial charge in [0.2, 0.25) is 0 Å². The summed E-state index contributed by atoms with van der Waals surface area (Å²) in [6.45, 7) is 1.91. The van der Waals surface area contributed by atoms with E-state index in [1.807, 2.05) is 43.3 Å². The van der Waals surface area contributed by atoms with E-state index in [2.05, 4.69) is 26.2 Å². The third-order valence-electron chi connectivity index (χ3n) is 2.54. The number of aromatic nitrogens is 1.